The third-order valence-corrected chi connectivity index (χ3v) is 3.25. The molecule has 3 aromatic rings. The molecule has 0 unspecified atom stereocenters. The number of carboxylic acids is 1. The van der Waals surface area contributed by atoms with E-state index in [2.05, 4.69) is 16.0 Å². The molecule has 0 saturated carbocycles. The minimum absolute atomic E-state index is 0.231. The van der Waals surface area contributed by atoms with E-state index in [1.165, 1.54) is 5.56 Å². The monoisotopic (exact) mass is 266 g/mol. The van der Waals surface area contributed by atoms with Crippen LogP contribution in [0.4, 0.5) is 0 Å². The lowest BCUT2D eigenvalue weighted by molar-refractivity contribution is 0.0699. The first kappa shape index (κ1) is 12.4. The maximum atomic E-state index is 11.2. The molecular weight excluding hydrogens is 252 g/mol. The van der Waals surface area contributed by atoms with E-state index < -0.39 is 5.97 Å². The van der Waals surface area contributed by atoms with Gasteiger partial charge in [0.05, 0.1) is 11.1 Å². The third-order valence-electron chi connectivity index (χ3n) is 3.25. The van der Waals surface area contributed by atoms with Crippen LogP contribution in [0, 0.1) is 6.92 Å². The molecule has 20 heavy (non-hydrogen) atoms. The van der Waals surface area contributed by atoms with Crippen molar-refractivity contribution < 1.29 is 9.90 Å². The molecule has 0 bridgehead atoms. The van der Waals surface area contributed by atoms with Gasteiger partial charge in [-0.25, -0.2) is 9.78 Å². The van der Waals surface area contributed by atoms with Gasteiger partial charge in [-0.2, -0.15) is 0 Å². The minimum atomic E-state index is -0.954. The number of H-pyrrole nitrogens is 1. The summed E-state index contributed by atoms with van der Waals surface area (Å²) in [4.78, 5) is 18.8. The highest BCUT2D eigenvalue weighted by atomic mass is 16.4. The van der Waals surface area contributed by atoms with E-state index in [1.807, 2.05) is 31.2 Å². The zero-order valence-corrected chi connectivity index (χ0v) is 11.1. The topological polar surface area (TPSA) is 66.0 Å². The summed E-state index contributed by atoms with van der Waals surface area (Å²) in [6, 6.07) is 13.3. The number of hydrogen-bond acceptors (Lipinski definition) is 2. The predicted octanol–water partition coefficient (Wildman–Crippen LogP) is 3.16. The fourth-order valence-corrected chi connectivity index (χ4v) is 2.35. The number of benzene rings is 2. The lowest BCUT2D eigenvalue weighted by atomic mass is 10.1. The van der Waals surface area contributed by atoms with Crippen LogP contribution in [0.3, 0.4) is 0 Å². The molecule has 0 aliphatic rings. The molecule has 0 fully saturated rings. The summed E-state index contributed by atoms with van der Waals surface area (Å²) in [5.41, 5.74) is 3.86. The van der Waals surface area contributed by atoms with Crippen LogP contribution < -0.4 is 0 Å². The van der Waals surface area contributed by atoms with Crippen molar-refractivity contribution in [3.63, 3.8) is 0 Å². The van der Waals surface area contributed by atoms with Gasteiger partial charge in [-0.05, 0) is 24.6 Å². The Morgan fingerprint density at radius 3 is 2.80 bits per heavy atom. The molecule has 0 atom stereocenters. The fraction of sp³-hybridized carbons (Fsp3) is 0.125. The number of nitrogens with zero attached hydrogens (tertiary/aromatic N) is 1. The molecule has 0 radical (unpaired) electrons. The van der Waals surface area contributed by atoms with Gasteiger partial charge in [0.15, 0.2) is 0 Å². The molecule has 0 saturated heterocycles. The second-order valence-electron chi connectivity index (χ2n) is 4.86. The number of nitrogens with one attached hydrogen (secondary N) is 1. The van der Waals surface area contributed by atoms with Crippen molar-refractivity contribution in [2.75, 3.05) is 0 Å². The van der Waals surface area contributed by atoms with Crippen LogP contribution in [0.15, 0.2) is 42.5 Å². The van der Waals surface area contributed by atoms with Crippen LogP contribution in [-0.2, 0) is 6.42 Å². The molecule has 1 aromatic heterocycles. The summed E-state index contributed by atoms with van der Waals surface area (Å²) in [7, 11) is 0. The number of para-hydroxylation sites is 1. The van der Waals surface area contributed by atoms with E-state index in [-0.39, 0.29) is 5.56 Å². The van der Waals surface area contributed by atoms with E-state index in [4.69, 9.17) is 5.11 Å². The second-order valence-corrected chi connectivity index (χ2v) is 4.86. The molecule has 0 aliphatic heterocycles. The van der Waals surface area contributed by atoms with Crippen molar-refractivity contribution in [3.05, 3.63) is 65.0 Å². The fourth-order valence-electron chi connectivity index (χ4n) is 2.35. The highest BCUT2D eigenvalue weighted by Gasteiger charge is 2.12. The molecule has 0 amide bonds. The van der Waals surface area contributed by atoms with Crippen molar-refractivity contribution >= 4 is 17.0 Å². The molecule has 4 nitrogen and oxygen atoms in total. The van der Waals surface area contributed by atoms with Gasteiger partial charge in [-0.15, -0.1) is 0 Å². The molecule has 4 heteroatoms. The summed E-state index contributed by atoms with van der Waals surface area (Å²) < 4.78 is 0. The first-order valence-electron chi connectivity index (χ1n) is 6.40. The Labute approximate surface area is 116 Å². The van der Waals surface area contributed by atoms with E-state index in [9.17, 15) is 4.79 Å². The van der Waals surface area contributed by atoms with Crippen LogP contribution in [0.2, 0.25) is 0 Å². The summed E-state index contributed by atoms with van der Waals surface area (Å²) in [6.07, 6.45) is 0.662. The van der Waals surface area contributed by atoms with E-state index in [0.29, 0.717) is 11.9 Å². The number of carbonyl (C=O) groups is 1. The number of imidazole rings is 1. The molecule has 1 heterocycles. The number of rotatable bonds is 3. The Hall–Kier alpha value is -2.62. The number of hydrogen-bond donors (Lipinski definition) is 2. The SMILES string of the molecule is Cc1cccc(Cc2nc3c(C(=O)O)cccc3[nH]2)c1. The lowest BCUT2D eigenvalue weighted by Crippen LogP contribution is -1.97. The number of aromatic nitrogens is 2. The molecule has 0 aliphatic carbocycles. The Bertz CT molecular complexity index is 790. The molecule has 2 N–H and O–H groups in total. The van der Waals surface area contributed by atoms with Gasteiger partial charge in [0.2, 0.25) is 0 Å². The number of aryl methyl sites for hydroxylation is 1. The molecule has 2 aromatic carbocycles. The standard InChI is InChI=1S/C16H14N2O2/c1-10-4-2-5-11(8-10)9-14-17-13-7-3-6-12(16(19)20)15(13)18-14/h2-8H,9H2,1H3,(H,17,18)(H,19,20). The van der Waals surface area contributed by atoms with E-state index >= 15 is 0 Å². The Kier molecular flexibility index (Phi) is 2.99. The smallest absolute Gasteiger partial charge is 0.337 e. The molecule has 100 valence electrons. The Morgan fingerprint density at radius 1 is 1.25 bits per heavy atom. The van der Waals surface area contributed by atoms with Crippen molar-refractivity contribution in [1.82, 2.24) is 9.97 Å². The first-order valence-corrected chi connectivity index (χ1v) is 6.40. The third kappa shape index (κ3) is 2.28. The normalized spacial score (nSPS) is 10.8. The van der Waals surface area contributed by atoms with E-state index in [1.54, 1.807) is 12.1 Å². The van der Waals surface area contributed by atoms with Gasteiger partial charge >= 0.3 is 5.97 Å². The van der Waals surface area contributed by atoms with Crippen molar-refractivity contribution in [1.29, 1.82) is 0 Å². The number of aromatic amines is 1. The van der Waals surface area contributed by atoms with Crippen molar-refractivity contribution in [2.24, 2.45) is 0 Å². The summed E-state index contributed by atoms with van der Waals surface area (Å²) in [6.45, 7) is 2.05. The highest BCUT2D eigenvalue weighted by molar-refractivity contribution is 6.00. The van der Waals surface area contributed by atoms with Crippen LogP contribution in [0.25, 0.3) is 11.0 Å². The quantitative estimate of drug-likeness (QED) is 0.765. The predicted molar refractivity (Wildman–Crippen MR) is 77.0 cm³/mol. The molecular formula is C16H14N2O2. The largest absolute Gasteiger partial charge is 0.478 e. The van der Waals surface area contributed by atoms with Crippen LogP contribution in [0.5, 0.6) is 0 Å². The van der Waals surface area contributed by atoms with Crippen molar-refractivity contribution in [3.8, 4) is 0 Å². The molecule has 3 rings (SSSR count). The summed E-state index contributed by atoms with van der Waals surface area (Å²) in [5.74, 6) is -0.177. The number of aromatic carboxylic acids is 1. The average Bonchev–Trinajstić information content (AvgIpc) is 2.80. The lowest BCUT2D eigenvalue weighted by Gasteiger charge is -1.99. The van der Waals surface area contributed by atoms with Gasteiger partial charge in [-0.3, -0.25) is 0 Å². The number of carboxylic acid groups (broad SMARTS) is 1. The maximum Gasteiger partial charge on any atom is 0.337 e. The van der Waals surface area contributed by atoms with Crippen molar-refractivity contribution in [2.45, 2.75) is 13.3 Å². The zero-order chi connectivity index (χ0) is 14.1. The van der Waals surface area contributed by atoms with Crippen LogP contribution in [-0.4, -0.2) is 21.0 Å². The summed E-state index contributed by atoms with van der Waals surface area (Å²) in [5, 5.41) is 9.16. The average molecular weight is 266 g/mol. The summed E-state index contributed by atoms with van der Waals surface area (Å²) >= 11 is 0. The maximum absolute atomic E-state index is 11.2. The van der Waals surface area contributed by atoms with E-state index in [0.717, 1.165) is 16.9 Å². The van der Waals surface area contributed by atoms with Crippen LogP contribution >= 0.6 is 0 Å². The van der Waals surface area contributed by atoms with Crippen LogP contribution in [0.1, 0.15) is 27.3 Å². The first-order chi connectivity index (χ1) is 9.63. The minimum Gasteiger partial charge on any atom is -0.478 e. The second kappa shape index (κ2) is 4.81. The number of fused-ring (bicyclic) bond motifs is 1. The Morgan fingerprint density at radius 2 is 2.05 bits per heavy atom. The van der Waals surface area contributed by atoms with Gasteiger partial charge in [0, 0.05) is 6.42 Å². The van der Waals surface area contributed by atoms with Gasteiger partial charge < -0.3 is 10.1 Å². The zero-order valence-electron chi connectivity index (χ0n) is 11.1. The highest BCUT2D eigenvalue weighted by Crippen LogP contribution is 2.18. The Balaban J connectivity index is 2.01. The van der Waals surface area contributed by atoms with Gasteiger partial charge in [0.25, 0.3) is 0 Å². The van der Waals surface area contributed by atoms with Gasteiger partial charge in [0.1, 0.15) is 11.3 Å². The molecule has 0 spiro atoms. The van der Waals surface area contributed by atoms with Gasteiger partial charge in [-0.1, -0.05) is 35.9 Å².